The van der Waals surface area contributed by atoms with E-state index in [2.05, 4.69) is 15.4 Å². The van der Waals surface area contributed by atoms with E-state index in [1.807, 2.05) is 61.7 Å². The van der Waals surface area contributed by atoms with Crippen molar-refractivity contribution in [2.24, 2.45) is 5.92 Å². The maximum atomic E-state index is 13.5. The van der Waals surface area contributed by atoms with Gasteiger partial charge >= 0.3 is 0 Å². The highest BCUT2D eigenvalue weighted by molar-refractivity contribution is 7.13. The van der Waals surface area contributed by atoms with Crippen LogP contribution in [0.2, 0.25) is 0 Å². The van der Waals surface area contributed by atoms with Crippen molar-refractivity contribution in [3.8, 4) is 17.1 Å². The lowest BCUT2D eigenvalue weighted by molar-refractivity contribution is -0.121. The second-order valence-electron chi connectivity index (χ2n) is 8.43. The van der Waals surface area contributed by atoms with Crippen molar-refractivity contribution in [2.45, 2.75) is 26.7 Å². The Hall–Kier alpha value is -3.72. The molecule has 0 aliphatic carbocycles. The maximum absolute atomic E-state index is 13.5. The van der Waals surface area contributed by atoms with Crippen LogP contribution in [0.25, 0.3) is 17.1 Å². The number of hydrogen-bond acceptors (Lipinski definition) is 6. The fourth-order valence-corrected chi connectivity index (χ4v) is 4.81. The summed E-state index contributed by atoms with van der Waals surface area (Å²) >= 11 is 1.42. The molecular formula is C25H25N5O3S. The van der Waals surface area contributed by atoms with Crippen molar-refractivity contribution in [3.63, 3.8) is 0 Å². The van der Waals surface area contributed by atoms with E-state index in [0.29, 0.717) is 48.1 Å². The molecule has 8 nitrogen and oxygen atoms in total. The number of rotatable bonds is 5. The number of hydrogen-bond donors (Lipinski definition) is 1. The molecule has 1 aromatic carbocycles. The standard InChI is InChI=1S/C25H25N5O3S/c1-16-15-34-25(26-16)27-23(31)18-10-12-29(13-11-18)24(32)20-14-30(19-6-4-3-5-7-19)28-22(20)21-9-8-17(2)33-21/h3-9,14-15,18H,10-13H2,1-2H3,(H,26,27,31). The van der Waals surface area contributed by atoms with Gasteiger partial charge in [0, 0.05) is 30.6 Å². The average Bonchev–Trinajstić information content (AvgIpc) is 3.59. The van der Waals surface area contributed by atoms with E-state index < -0.39 is 0 Å². The van der Waals surface area contributed by atoms with Crippen molar-refractivity contribution in [3.05, 3.63) is 71.1 Å². The molecule has 5 rings (SSSR count). The SMILES string of the molecule is Cc1csc(NC(=O)C2CCN(C(=O)c3cn(-c4ccccc4)nc3-c3ccc(C)o3)CC2)n1. The molecule has 1 aliphatic rings. The quantitative estimate of drug-likeness (QED) is 0.452. The molecule has 34 heavy (non-hydrogen) atoms. The minimum atomic E-state index is -0.146. The van der Waals surface area contributed by atoms with Gasteiger partial charge < -0.3 is 14.6 Å². The Balaban J connectivity index is 1.33. The van der Waals surface area contributed by atoms with Crippen molar-refractivity contribution in [2.75, 3.05) is 18.4 Å². The van der Waals surface area contributed by atoms with Crippen LogP contribution in [0, 0.1) is 19.8 Å². The molecule has 1 aliphatic heterocycles. The van der Waals surface area contributed by atoms with Gasteiger partial charge in [0.15, 0.2) is 10.9 Å². The van der Waals surface area contributed by atoms with Gasteiger partial charge in [0.25, 0.3) is 5.91 Å². The molecule has 2 amide bonds. The third kappa shape index (κ3) is 4.51. The summed E-state index contributed by atoms with van der Waals surface area (Å²) in [5.74, 6) is 1.02. The number of thiazole rings is 1. The number of furan rings is 1. The number of anilines is 1. The van der Waals surface area contributed by atoms with E-state index in [1.165, 1.54) is 11.3 Å². The summed E-state index contributed by atoms with van der Waals surface area (Å²) in [7, 11) is 0. The molecule has 0 bridgehead atoms. The van der Waals surface area contributed by atoms with Gasteiger partial charge in [-0.25, -0.2) is 9.67 Å². The molecule has 0 unspecified atom stereocenters. The number of carbonyl (C=O) groups is 2. The number of nitrogens with zero attached hydrogens (tertiary/aromatic N) is 4. The molecule has 4 heterocycles. The monoisotopic (exact) mass is 475 g/mol. The first kappa shape index (κ1) is 22.1. The molecule has 0 radical (unpaired) electrons. The summed E-state index contributed by atoms with van der Waals surface area (Å²) < 4.78 is 7.50. The summed E-state index contributed by atoms with van der Waals surface area (Å²) in [5.41, 5.74) is 2.75. The molecule has 0 saturated carbocycles. The van der Waals surface area contributed by atoms with Gasteiger partial charge in [-0.15, -0.1) is 11.3 Å². The van der Waals surface area contributed by atoms with E-state index in [0.717, 1.165) is 17.1 Å². The number of amides is 2. The molecule has 0 spiro atoms. The van der Waals surface area contributed by atoms with E-state index in [9.17, 15) is 9.59 Å². The molecule has 174 valence electrons. The van der Waals surface area contributed by atoms with Gasteiger partial charge in [-0.3, -0.25) is 9.59 Å². The number of piperidine rings is 1. The van der Waals surface area contributed by atoms with Gasteiger partial charge in [-0.1, -0.05) is 18.2 Å². The molecule has 4 aromatic rings. The summed E-state index contributed by atoms with van der Waals surface area (Å²) in [5, 5.41) is 10.1. The first-order chi connectivity index (χ1) is 16.5. The number of aromatic nitrogens is 3. The van der Waals surface area contributed by atoms with Crippen molar-refractivity contribution in [1.82, 2.24) is 19.7 Å². The topological polar surface area (TPSA) is 93.3 Å². The minimum Gasteiger partial charge on any atom is -0.460 e. The maximum Gasteiger partial charge on any atom is 0.257 e. The Kier molecular flexibility index (Phi) is 6.02. The van der Waals surface area contributed by atoms with Crippen LogP contribution in [0.3, 0.4) is 0 Å². The van der Waals surface area contributed by atoms with E-state index in [1.54, 1.807) is 15.8 Å². The average molecular weight is 476 g/mol. The molecule has 1 N–H and O–H groups in total. The Morgan fingerprint density at radius 3 is 2.50 bits per heavy atom. The number of aryl methyl sites for hydroxylation is 2. The van der Waals surface area contributed by atoms with Crippen LogP contribution >= 0.6 is 11.3 Å². The third-order valence-electron chi connectivity index (χ3n) is 5.94. The van der Waals surface area contributed by atoms with Gasteiger partial charge in [-0.05, 0) is 51.0 Å². The number of carbonyl (C=O) groups excluding carboxylic acids is 2. The molecule has 1 fully saturated rings. The van der Waals surface area contributed by atoms with Gasteiger partial charge in [0.05, 0.1) is 16.9 Å². The highest BCUT2D eigenvalue weighted by Gasteiger charge is 2.31. The van der Waals surface area contributed by atoms with Crippen LogP contribution in [-0.2, 0) is 4.79 Å². The van der Waals surface area contributed by atoms with Crippen LogP contribution in [0.4, 0.5) is 5.13 Å². The normalized spacial score (nSPS) is 14.4. The largest absolute Gasteiger partial charge is 0.460 e. The predicted octanol–water partition coefficient (Wildman–Crippen LogP) is 4.70. The lowest BCUT2D eigenvalue weighted by atomic mass is 9.95. The molecular weight excluding hydrogens is 450 g/mol. The lowest BCUT2D eigenvalue weighted by Gasteiger charge is -2.31. The number of likely N-dealkylation sites (tertiary alicyclic amines) is 1. The first-order valence-corrected chi connectivity index (χ1v) is 12.1. The Labute approximate surface area is 201 Å². The highest BCUT2D eigenvalue weighted by Crippen LogP contribution is 2.29. The number of nitrogens with one attached hydrogen (secondary N) is 1. The van der Waals surface area contributed by atoms with Crippen molar-refractivity contribution in [1.29, 1.82) is 0 Å². The third-order valence-corrected chi connectivity index (χ3v) is 6.82. The number of benzene rings is 1. The van der Waals surface area contributed by atoms with Crippen LogP contribution < -0.4 is 5.32 Å². The van der Waals surface area contributed by atoms with E-state index >= 15 is 0 Å². The zero-order valence-corrected chi connectivity index (χ0v) is 19.8. The summed E-state index contributed by atoms with van der Waals surface area (Å²) in [6.07, 6.45) is 2.96. The second kappa shape index (κ2) is 9.26. The molecule has 3 aromatic heterocycles. The minimum absolute atomic E-state index is 0.0369. The van der Waals surface area contributed by atoms with Crippen LogP contribution in [0.1, 0.15) is 34.7 Å². The Morgan fingerprint density at radius 1 is 1.09 bits per heavy atom. The van der Waals surface area contributed by atoms with Crippen LogP contribution in [0.5, 0.6) is 0 Å². The van der Waals surface area contributed by atoms with Gasteiger partial charge in [0.1, 0.15) is 11.5 Å². The zero-order valence-electron chi connectivity index (χ0n) is 19.0. The van der Waals surface area contributed by atoms with Gasteiger partial charge in [-0.2, -0.15) is 5.10 Å². The van der Waals surface area contributed by atoms with Gasteiger partial charge in [0.2, 0.25) is 5.91 Å². The fourth-order valence-electron chi connectivity index (χ4n) is 4.12. The predicted molar refractivity (Wildman–Crippen MR) is 130 cm³/mol. The second-order valence-corrected chi connectivity index (χ2v) is 9.29. The smallest absolute Gasteiger partial charge is 0.257 e. The van der Waals surface area contributed by atoms with Crippen molar-refractivity contribution >= 4 is 28.3 Å². The lowest BCUT2D eigenvalue weighted by Crippen LogP contribution is -2.41. The zero-order chi connectivity index (χ0) is 23.7. The highest BCUT2D eigenvalue weighted by atomic mass is 32.1. The first-order valence-electron chi connectivity index (χ1n) is 11.2. The van der Waals surface area contributed by atoms with Crippen molar-refractivity contribution < 1.29 is 14.0 Å². The Bertz CT molecular complexity index is 1320. The Morgan fingerprint density at radius 2 is 1.85 bits per heavy atom. The molecule has 9 heteroatoms. The fraction of sp³-hybridized carbons (Fsp3) is 0.280. The summed E-state index contributed by atoms with van der Waals surface area (Å²) in [4.78, 5) is 32.3. The molecule has 0 atom stereocenters. The number of para-hydroxylation sites is 1. The molecule has 1 saturated heterocycles. The van der Waals surface area contributed by atoms with Crippen LogP contribution in [0.15, 0.2) is 58.5 Å². The van der Waals surface area contributed by atoms with E-state index in [4.69, 9.17) is 4.42 Å². The summed E-state index contributed by atoms with van der Waals surface area (Å²) in [6, 6.07) is 13.4. The van der Waals surface area contributed by atoms with E-state index in [-0.39, 0.29) is 17.7 Å². The van der Waals surface area contributed by atoms with Crippen LogP contribution in [-0.4, -0.2) is 44.6 Å². The summed E-state index contributed by atoms with van der Waals surface area (Å²) in [6.45, 7) is 4.76.